The van der Waals surface area contributed by atoms with Gasteiger partial charge >= 0.3 is 0 Å². The lowest BCUT2D eigenvalue weighted by atomic mass is 9.66. The second-order valence-electron chi connectivity index (χ2n) is 10.3. The molecule has 0 unspecified atom stereocenters. The fourth-order valence-electron chi connectivity index (χ4n) is 6.01. The van der Waals surface area contributed by atoms with E-state index in [0.717, 1.165) is 34.0 Å². The summed E-state index contributed by atoms with van der Waals surface area (Å²) >= 11 is 0. The summed E-state index contributed by atoms with van der Waals surface area (Å²) in [5.74, 6) is 3.65. The lowest BCUT2D eigenvalue weighted by Gasteiger charge is -2.39. The van der Waals surface area contributed by atoms with Crippen LogP contribution in [-0.4, -0.2) is 32.2 Å². The molecule has 8 heteroatoms. The third-order valence-corrected chi connectivity index (χ3v) is 7.90. The summed E-state index contributed by atoms with van der Waals surface area (Å²) in [6.07, 6.45) is 8.32. The van der Waals surface area contributed by atoms with Crippen LogP contribution in [0.5, 0.6) is 11.6 Å². The highest BCUT2D eigenvalue weighted by Crippen LogP contribution is 2.53. The van der Waals surface area contributed by atoms with E-state index in [2.05, 4.69) is 49.9 Å². The number of hydrogen-bond acceptors (Lipinski definition) is 8. The molecule has 198 valence electrons. The number of fused-ring (bicyclic) bond motifs is 2. The normalized spacial score (nSPS) is 17.2. The van der Waals surface area contributed by atoms with Gasteiger partial charge < -0.3 is 15.4 Å². The van der Waals surface area contributed by atoms with Crippen molar-refractivity contribution in [1.82, 2.24) is 25.1 Å². The Morgan fingerprint density at radius 3 is 2.30 bits per heavy atom. The Balaban J connectivity index is 1.16. The van der Waals surface area contributed by atoms with Crippen molar-refractivity contribution in [3.8, 4) is 34.1 Å². The molecule has 0 amide bonds. The van der Waals surface area contributed by atoms with Crippen molar-refractivity contribution in [1.29, 1.82) is 0 Å². The van der Waals surface area contributed by atoms with Gasteiger partial charge in [-0.3, -0.25) is 0 Å². The molecule has 3 heterocycles. The molecule has 1 fully saturated rings. The first-order valence-electron chi connectivity index (χ1n) is 13.7. The van der Waals surface area contributed by atoms with E-state index in [4.69, 9.17) is 14.9 Å². The molecule has 40 heavy (non-hydrogen) atoms. The van der Waals surface area contributed by atoms with Gasteiger partial charge in [-0.1, -0.05) is 30.3 Å². The first kappa shape index (κ1) is 24.2. The van der Waals surface area contributed by atoms with E-state index in [1.165, 1.54) is 36.8 Å². The van der Waals surface area contributed by atoms with Crippen molar-refractivity contribution in [3.05, 3.63) is 96.3 Å². The maximum absolute atomic E-state index is 6.19. The van der Waals surface area contributed by atoms with Crippen LogP contribution in [0.2, 0.25) is 0 Å². The zero-order chi connectivity index (χ0) is 26.9. The van der Waals surface area contributed by atoms with Gasteiger partial charge in [0.25, 0.3) is 0 Å². The zero-order valence-corrected chi connectivity index (χ0v) is 22.2. The molecule has 1 saturated carbocycles. The maximum atomic E-state index is 6.19. The zero-order valence-electron chi connectivity index (χ0n) is 22.2. The van der Waals surface area contributed by atoms with Gasteiger partial charge in [-0.15, -0.1) is 10.2 Å². The molecule has 3 aliphatic carbocycles. The van der Waals surface area contributed by atoms with Crippen LogP contribution in [0.15, 0.2) is 85.2 Å². The number of nitrogens with one attached hydrogen (secondary N) is 2. The Morgan fingerprint density at radius 2 is 1.52 bits per heavy atom. The Hall–Kier alpha value is -4.85. The molecule has 3 aromatic heterocycles. The summed E-state index contributed by atoms with van der Waals surface area (Å²) in [4.78, 5) is 13.2. The standard InChI is InChI=1S/C32H29N7O/c1-33-32-35-19-17-26(37-32)25-8-5-18-34-31(25)40-24-15-13-23(14-16-24)36-30-28-21-11-9-20(10-12-21)27(28)29(38-39-30)22-6-3-2-4-7-22/h2-8,13-21H,9-12H2,1H3,(H,36,39)(H,33,35,37). The topological polar surface area (TPSA) is 97.7 Å². The average Bonchev–Trinajstić information content (AvgIpc) is 3.03. The second kappa shape index (κ2) is 10.4. The van der Waals surface area contributed by atoms with Gasteiger partial charge in [-0.2, -0.15) is 0 Å². The molecular weight excluding hydrogens is 498 g/mol. The first-order chi connectivity index (χ1) is 19.8. The molecule has 2 aromatic carbocycles. The predicted molar refractivity (Wildman–Crippen MR) is 156 cm³/mol. The van der Waals surface area contributed by atoms with Crippen LogP contribution < -0.4 is 15.4 Å². The van der Waals surface area contributed by atoms with Gasteiger partial charge in [0.1, 0.15) is 5.75 Å². The number of hydrogen-bond donors (Lipinski definition) is 2. The molecule has 0 aliphatic heterocycles. The van der Waals surface area contributed by atoms with E-state index >= 15 is 0 Å². The fraction of sp³-hybridized carbons (Fsp3) is 0.219. The molecule has 0 saturated heterocycles. The van der Waals surface area contributed by atoms with E-state index in [0.29, 0.717) is 29.4 Å². The largest absolute Gasteiger partial charge is 0.438 e. The third kappa shape index (κ3) is 4.51. The van der Waals surface area contributed by atoms with Crippen LogP contribution >= 0.6 is 0 Å². The van der Waals surface area contributed by atoms with Gasteiger partial charge in [0, 0.05) is 36.3 Å². The summed E-state index contributed by atoms with van der Waals surface area (Å²) in [5.41, 5.74) is 7.38. The minimum atomic E-state index is 0.483. The van der Waals surface area contributed by atoms with Crippen LogP contribution in [0.3, 0.4) is 0 Å². The highest BCUT2D eigenvalue weighted by molar-refractivity contribution is 5.72. The van der Waals surface area contributed by atoms with Crippen LogP contribution in [0.25, 0.3) is 22.5 Å². The number of anilines is 3. The summed E-state index contributed by atoms with van der Waals surface area (Å²) in [6, 6.07) is 24.0. The molecular formula is C32H29N7O. The lowest BCUT2D eigenvalue weighted by Crippen LogP contribution is -2.25. The Morgan fingerprint density at radius 1 is 0.750 bits per heavy atom. The molecule has 3 aliphatic rings. The van der Waals surface area contributed by atoms with Crippen molar-refractivity contribution < 1.29 is 4.74 Å². The molecule has 0 atom stereocenters. The number of nitrogens with zero attached hydrogens (tertiary/aromatic N) is 5. The number of aromatic nitrogens is 5. The summed E-state index contributed by atoms with van der Waals surface area (Å²) in [7, 11) is 1.79. The number of pyridine rings is 1. The van der Waals surface area contributed by atoms with Crippen LogP contribution in [0, 0.1) is 0 Å². The van der Waals surface area contributed by atoms with Crippen LogP contribution in [0.1, 0.15) is 48.6 Å². The van der Waals surface area contributed by atoms with Gasteiger partial charge in [0.2, 0.25) is 11.8 Å². The molecule has 2 bridgehead atoms. The van der Waals surface area contributed by atoms with Crippen molar-refractivity contribution in [3.63, 3.8) is 0 Å². The maximum Gasteiger partial charge on any atom is 0.228 e. The van der Waals surface area contributed by atoms with Crippen molar-refractivity contribution in [2.24, 2.45) is 0 Å². The monoisotopic (exact) mass is 527 g/mol. The van der Waals surface area contributed by atoms with Gasteiger partial charge in [-0.05, 0) is 85.5 Å². The Labute approximate surface area is 232 Å². The second-order valence-corrected chi connectivity index (χ2v) is 10.3. The van der Waals surface area contributed by atoms with Crippen molar-refractivity contribution >= 4 is 17.5 Å². The van der Waals surface area contributed by atoms with Crippen molar-refractivity contribution in [2.75, 3.05) is 17.7 Å². The number of benzene rings is 2. The SMILES string of the molecule is CNc1nccc(-c2cccnc2Oc2ccc(Nc3nnc(-c4ccccc4)c4c3C3CCC4CC3)cc2)n1. The first-order valence-corrected chi connectivity index (χ1v) is 13.7. The minimum Gasteiger partial charge on any atom is -0.438 e. The molecule has 5 aromatic rings. The summed E-state index contributed by atoms with van der Waals surface area (Å²) < 4.78 is 6.19. The summed E-state index contributed by atoms with van der Waals surface area (Å²) in [5, 5.41) is 16.0. The van der Waals surface area contributed by atoms with Crippen molar-refractivity contribution in [2.45, 2.75) is 37.5 Å². The van der Waals surface area contributed by atoms with E-state index < -0.39 is 0 Å². The Bertz CT molecular complexity index is 1650. The van der Waals surface area contributed by atoms with Gasteiger partial charge in [-0.25, -0.2) is 15.0 Å². The number of rotatable bonds is 7. The Kier molecular flexibility index (Phi) is 6.28. The number of ether oxygens (including phenoxy) is 1. The predicted octanol–water partition coefficient (Wildman–Crippen LogP) is 7.33. The fourth-order valence-corrected chi connectivity index (χ4v) is 6.01. The minimum absolute atomic E-state index is 0.483. The van der Waals surface area contributed by atoms with E-state index in [9.17, 15) is 0 Å². The molecule has 8 rings (SSSR count). The molecule has 0 spiro atoms. The van der Waals surface area contributed by atoms with E-state index in [-0.39, 0.29) is 0 Å². The van der Waals surface area contributed by atoms with Gasteiger partial charge in [0.15, 0.2) is 5.82 Å². The smallest absolute Gasteiger partial charge is 0.228 e. The molecule has 2 N–H and O–H groups in total. The summed E-state index contributed by atoms with van der Waals surface area (Å²) in [6.45, 7) is 0. The van der Waals surface area contributed by atoms with Gasteiger partial charge in [0.05, 0.1) is 17.0 Å². The quantitative estimate of drug-likeness (QED) is 0.227. The molecule has 0 radical (unpaired) electrons. The molecule has 8 nitrogen and oxygen atoms in total. The average molecular weight is 528 g/mol. The van der Waals surface area contributed by atoms with E-state index in [1.54, 1.807) is 19.4 Å². The van der Waals surface area contributed by atoms with E-state index in [1.807, 2.05) is 48.5 Å². The highest BCUT2D eigenvalue weighted by atomic mass is 16.5. The third-order valence-electron chi connectivity index (χ3n) is 7.90. The highest BCUT2D eigenvalue weighted by Gasteiger charge is 2.38. The lowest BCUT2D eigenvalue weighted by molar-refractivity contribution is 0.358. The van der Waals surface area contributed by atoms with Crippen LogP contribution in [0.4, 0.5) is 17.5 Å². The van der Waals surface area contributed by atoms with Crippen LogP contribution in [-0.2, 0) is 0 Å².